The quantitative estimate of drug-likeness (QED) is 0.675. The molecule has 0 aliphatic carbocycles. The van der Waals surface area contributed by atoms with E-state index in [0.29, 0.717) is 27.2 Å². The molecule has 7 nitrogen and oxygen atoms in total. The third kappa shape index (κ3) is 5.04. The topological polar surface area (TPSA) is 84.9 Å². The molecule has 0 saturated carbocycles. The molecule has 0 bridgehead atoms. The van der Waals surface area contributed by atoms with E-state index in [-0.39, 0.29) is 18.9 Å². The number of hydrogen-bond acceptors (Lipinski definition) is 5. The average molecular weight is 451 g/mol. The van der Waals surface area contributed by atoms with E-state index in [1.807, 2.05) is 6.92 Å². The highest BCUT2D eigenvalue weighted by Crippen LogP contribution is 2.35. The fraction of sp³-hybridized carbons (Fsp3) is 0.286. The lowest BCUT2D eigenvalue weighted by Gasteiger charge is -2.19. The monoisotopic (exact) mass is 450 g/mol. The van der Waals surface area contributed by atoms with Crippen molar-refractivity contribution in [1.29, 1.82) is 0 Å². The molecule has 1 aliphatic heterocycles. The van der Waals surface area contributed by atoms with Crippen LogP contribution in [0.2, 0.25) is 10.0 Å². The second-order valence-corrected chi connectivity index (χ2v) is 7.71. The molecule has 1 atom stereocenters. The summed E-state index contributed by atoms with van der Waals surface area (Å²) in [6, 6.07) is 10.0. The molecule has 3 rings (SSSR count). The summed E-state index contributed by atoms with van der Waals surface area (Å²) in [4.78, 5) is 38.4. The fourth-order valence-electron chi connectivity index (χ4n) is 3.14. The molecule has 2 aromatic rings. The van der Waals surface area contributed by atoms with Crippen LogP contribution in [0.25, 0.3) is 0 Å². The molecule has 0 unspecified atom stereocenters. The molecule has 158 valence electrons. The third-order valence-electron chi connectivity index (χ3n) is 4.71. The van der Waals surface area contributed by atoms with Gasteiger partial charge >= 0.3 is 5.97 Å². The first-order valence-corrected chi connectivity index (χ1v) is 9.90. The summed E-state index contributed by atoms with van der Waals surface area (Å²) in [6.45, 7) is 1.47. The zero-order valence-electron chi connectivity index (χ0n) is 16.4. The Morgan fingerprint density at radius 3 is 2.60 bits per heavy atom. The average Bonchev–Trinajstić information content (AvgIpc) is 3.10. The number of ether oxygens (including phenoxy) is 2. The van der Waals surface area contributed by atoms with Crippen LogP contribution in [-0.4, -0.2) is 38.0 Å². The minimum atomic E-state index is -0.693. The first kappa shape index (κ1) is 21.9. The highest BCUT2D eigenvalue weighted by molar-refractivity contribution is 6.31. The second kappa shape index (κ2) is 9.36. The van der Waals surface area contributed by atoms with Crippen LogP contribution in [0.1, 0.15) is 12.0 Å². The molecule has 1 heterocycles. The Bertz CT molecular complexity index is 995. The van der Waals surface area contributed by atoms with Crippen LogP contribution in [0.3, 0.4) is 0 Å². The van der Waals surface area contributed by atoms with E-state index >= 15 is 0 Å². The number of rotatable bonds is 6. The Labute approximate surface area is 183 Å². The molecule has 1 fully saturated rings. The maximum Gasteiger partial charge on any atom is 0.311 e. The maximum atomic E-state index is 12.4. The van der Waals surface area contributed by atoms with Crippen LogP contribution in [0.5, 0.6) is 5.75 Å². The van der Waals surface area contributed by atoms with Gasteiger partial charge in [-0.25, -0.2) is 0 Å². The summed E-state index contributed by atoms with van der Waals surface area (Å²) in [5.41, 5.74) is 1.85. The predicted octanol–water partition coefficient (Wildman–Crippen LogP) is 3.85. The van der Waals surface area contributed by atoms with Gasteiger partial charge in [0.1, 0.15) is 5.75 Å². The number of methoxy groups -OCH3 is 1. The van der Waals surface area contributed by atoms with E-state index < -0.39 is 24.4 Å². The van der Waals surface area contributed by atoms with Gasteiger partial charge in [0, 0.05) is 28.7 Å². The Balaban J connectivity index is 1.59. The summed E-state index contributed by atoms with van der Waals surface area (Å²) < 4.78 is 10.4. The number of anilines is 2. The van der Waals surface area contributed by atoms with Crippen molar-refractivity contribution in [3.63, 3.8) is 0 Å². The molecule has 0 radical (unpaired) electrons. The summed E-state index contributed by atoms with van der Waals surface area (Å²) in [5.74, 6) is -1.59. The Kier molecular flexibility index (Phi) is 6.84. The normalized spacial score (nSPS) is 15.8. The van der Waals surface area contributed by atoms with Crippen molar-refractivity contribution < 1.29 is 23.9 Å². The van der Waals surface area contributed by atoms with Gasteiger partial charge < -0.3 is 19.7 Å². The zero-order chi connectivity index (χ0) is 21.8. The molecule has 1 aliphatic rings. The van der Waals surface area contributed by atoms with E-state index in [2.05, 4.69) is 5.32 Å². The maximum absolute atomic E-state index is 12.4. The third-order valence-corrected chi connectivity index (χ3v) is 5.18. The number of aryl methyl sites for hydroxylation is 1. The van der Waals surface area contributed by atoms with Gasteiger partial charge in [0.05, 0.1) is 18.7 Å². The van der Waals surface area contributed by atoms with Crippen molar-refractivity contribution in [2.45, 2.75) is 13.3 Å². The van der Waals surface area contributed by atoms with Crippen LogP contribution >= 0.6 is 23.2 Å². The van der Waals surface area contributed by atoms with Gasteiger partial charge in [0.25, 0.3) is 5.91 Å². The number of benzene rings is 2. The lowest BCUT2D eigenvalue weighted by atomic mass is 10.1. The standard InChI is InChI=1S/C21H20Cl2N2O5/c1-12-3-4-14(22)8-16(12)24-19(26)11-30-21(28)13-7-20(27)25(10-13)17-9-15(23)5-6-18(17)29-2/h3-6,8-9,13H,7,10-11H2,1-2H3,(H,24,26)/t13-/m0/s1. The van der Waals surface area contributed by atoms with Crippen molar-refractivity contribution in [2.24, 2.45) is 5.92 Å². The van der Waals surface area contributed by atoms with Crippen molar-refractivity contribution >= 4 is 52.4 Å². The smallest absolute Gasteiger partial charge is 0.311 e. The van der Waals surface area contributed by atoms with Crippen molar-refractivity contribution in [3.05, 3.63) is 52.0 Å². The number of amides is 2. The molecule has 2 aromatic carbocycles. The molecule has 0 aromatic heterocycles. The number of halogens is 2. The SMILES string of the molecule is COc1ccc(Cl)cc1N1C[C@@H](C(=O)OCC(=O)Nc2cc(Cl)ccc2C)CC1=O. The highest BCUT2D eigenvalue weighted by atomic mass is 35.5. The van der Waals surface area contributed by atoms with Gasteiger partial charge in [0.15, 0.2) is 6.61 Å². The van der Waals surface area contributed by atoms with Gasteiger partial charge in [-0.3, -0.25) is 14.4 Å². The van der Waals surface area contributed by atoms with Crippen molar-refractivity contribution in [1.82, 2.24) is 0 Å². The number of nitrogens with one attached hydrogen (secondary N) is 1. The van der Waals surface area contributed by atoms with Gasteiger partial charge in [-0.05, 0) is 42.8 Å². The number of carbonyl (C=O) groups excluding carboxylic acids is 3. The minimum absolute atomic E-state index is 0.0243. The molecule has 30 heavy (non-hydrogen) atoms. The van der Waals surface area contributed by atoms with E-state index in [0.717, 1.165) is 5.56 Å². The first-order valence-electron chi connectivity index (χ1n) is 9.15. The van der Waals surface area contributed by atoms with Crippen molar-refractivity contribution in [2.75, 3.05) is 30.5 Å². The molecule has 2 amide bonds. The molecular weight excluding hydrogens is 431 g/mol. The molecule has 9 heteroatoms. The first-order chi connectivity index (χ1) is 14.3. The zero-order valence-corrected chi connectivity index (χ0v) is 17.9. The van der Waals surface area contributed by atoms with Crippen LogP contribution < -0.4 is 15.0 Å². The highest BCUT2D eigenvalue weighted by Gasteiger charge is 2.37. The molecule has 1 saturated heterocycles. The number of carbonyl (C=O) groups is 3. The summed E-state index contributed by atoms with van der Waals surface area (Å²) in [7, 11) is 1.49. The van der Waals surface area contributed by atoms with E-state index in [1.54, 1.807) is 36.4 Å². The van der Waals surface area contributed by atoms with Gasteiger partial charge in [-0.1, -0.05) is 29.3 Å². The Morgan fingerprint density at radius 1 is 1.17 bits per heavy atom. The van der Waals surface area contributed by atoms with Crippen LogP contribution in [0.15, 0.2) is 36.4 Å². The lowest BCUT2D eigenvalue weighted by Crippen LogP contribution is -2.28. The minimum Gasteiger partial charge on any atom is -0.495 e. The van der Waals surface area contributed by atoms with E-state index in [9.17, 15) is 14.4 Å². The van der Waals surface area contributed by atoms with Gasteiger partial charge in [-0.15, -0.1) is 0 Å². The largest absolute Gasteiger partial charge is 0.495 e. The fourth-order valence-corrected chi connectivity index (χ4v) is 3.48. The molecule has 1 N–H and O–H groups in total. The summed E-state index contributed by atoms with van der Waals surface area (Å²) in [5, 5.41) is 3.58. The Morgan fingerprint density at radius 2 is 1.87 bits per heavy atom. The van der Waals surface area contributed by atoms with Gasteiger partial charge in [0.2, 0.25) is 5.91 Å². The molecular formula is C21H20Cl2N2O5. The second-order valence-electron chi connectivity index (χ2n) is 6.84. The summed E-state index contributed by atoms with van der Waals surface area (Å²) in [6.07, 6.45) is -0.0243. The lowest BCUT2D eigenvalue weighted by molar-refractivity contribution is -0.151. The van der Waals surface area contributed by atoms with E-state index in [4.69, 9.17) is 32.7 Å². The number of hydrogen-bond donors (Lipinski definition) is 1. The number of esters is 1. The summed E-state index contributed by atoms with van der Waals surface area (Å²) >= 11 is 12.0. The number of nitrogens with zero attached hydrogens (tertiary/aromatic N) is 1. The molecule has 0 spiro atoms. The van der Waals surface area contributed by atoms with Crippen LogP contribution in [0.4, 0.5) is 11.4 Å². The van der Waals surface area contributed by atoms with Gasteiger partial charge in [-0.2, -0.15) is 0 Å². The van der Waals surface area contributed by atoms with Crippen LogP contribution in [-0.2, 0) is 19.1 Å². The Hall–Kier alpha value is -2.77. The van der Waals surface area contributed by atoms with Crippen molar-refractivity contribution in [3.8, 4) is 5.75 Å². The van der Waals surface area contributed by atoms with Crippen LogP contribution in [0, 0.1) is 12.8 Å². The predicted molar refractivity (Wildman–Crippen MR) is 114 cm³/mol. The van der Waals surface area contributed by atoms with E-state index in [1.165, 1.54) is 12.0 Å².